The van der Waals surface area contributed by atoms with E-state index in [1.54, 1.807) is 30.0 Å². The summed E-state index contributed by atoms with van der Waals surface area (Å²) in [6, 6.07) is 9.17. The summed E-state index contributed by atoms with van der Waals surface area (Å²) in [6.07, 6.45) is -4.58. The summed E-state index contributed by atoms with van der Waals surface area (Å²) in [5.74, 6) is -0.0538. The van der Waals surface area contributed by atoms with Crippen molar-refractivity contribution in [2.24, 2.45) is 0 Å². The Hall–Kier alpha value is -2.71. The number of carbonyl (C=O) groups is 1. The van der Waals surface area contributed by atoms with Gasteiger partial charge in [-0.2, -0.15) is 13.2 Å². The summed E-state index contributed by atoms with van der Waals surface area (Å²) in [7, 11) is 0. The Balaban J connectivity index is 1.73. The molecule has 3 aromatic rings. The average molecular weight is 498 g/mol. The molecule has 0 atom stereocenters. The molecule has 5 nitrogen and oxygen atoms in total. The zero-order valence-corrected chi connectivity index (χ0v) is 19.4. The van der Waals surface area contributed by atoms with Crippen LogP contribution in [0.3, 0.4) is 0 Å². The highest BCUT2D eigenvalue weighted by Gasteiger charge is 2.38. The van der Waals surface area contributed by atoms with E-state index in [9.17, 15) is 18.0 Å². The van der Waals surface area contributed by atoms with Gasteiger partial charge in [0.05, 0.1) is 26.9 Å². The van der Waals surface area contributed by atoms with Crippen molar-refractivity contribution in [2.45, 2.75) is 20.0 Å². The van der Waals surface area contributed by atoms with Crippen molar-refractivity contribution in [2.75, 3.05) is 36.0 Å². The molecule has 1 aliphatic rings. The number of alkyl halides is 3. The molecule has 0 unspecified atom stereocenters. The highest BCUT2D eigenvalue weighted by Crippen LogP contribution is 2.43. The number of Topliss-reactive ketones (excluding diaryl/α,β-unsaturated/α-hetero) is 1. The fourth-order valence-electron chi connectivity index (χ4n) is 4.14. The average Bonchev–Trinajstić information content (AvgIpc) is 3.16. The third kappa shape index (κ3) is 4.54. The van der Waals surface area contributed by atoms with Crippen LogP contribution in [0.1, 0.15) is 28.6 Å². The molecule has 1 saturated heterocycles. The third-order valence-electron chi connectivity index (χ3n) is 5.68. The standard InChI is InChI=1S/C23H20Cl2F3N3O2/c1-13(32)20-14(2)33-29-21(20)16-4-3-5-17(23(26,27)28)22(16)31-10-8-30(9-11-31)15-6-7-18(24)19(25)12-15/h3-7,12H,8-11H2,1-2H3. The summed E-state index contributed by atoms with van der Waals surface area (Å²) in [5.41, 5.74) is 0.583. The number of carbonyl (C=O) groups excluding carboxylic acids is 1. The van der Waals surface area contributed by atoms with Crippen LogP contribution in [-0.4, -0.2) is 37.1 Å². The van der Waals surface area contributed by atoms with E-state index in [2.05, 4.69) is 5.16 Å². The Morgan fingerprint density at radius 3 is 2.30 bits per heavy atom. The van der Waals surface area contributed by atoms with Crippen LogP contribution in [0, 0.1) is 6.92 Å². The lowest BCUT2D eigenvalue weighted by atomic mass is 9.97. The lowest BCUT2D eigenvalue weighted by Gasteiger charge is -2.39. The van der Waals surface area contributed by atoms with Crippen molar-refractivity contribution in [3.63, 3.8) is 0 Å². The summed E-state index contributed by atoms with van der Waals surface area (Å²) in [4.78, 5) is 15.9. The minimum atomic E-state index is -4.58. The van der Waals surface area contributed by atoms with Gasteiger partial charge in [-0.05, 0) is 38.1 Å². The second-order valence-corrected chi connectivity index (χ2v) is 8.60. The maximum Gasteiger partial charge on any atom is 0.418 e. The van der Waals surface area contributed by atoms with Crippen molar-refractivity contribution in [3.05, 3.63) is 63.3 Å². The number of halogens is 5. The number of rotatable bonds is 4. The predicted octanol–water partition coefficient (Wildman–Crippen LogP) is 6.50. The molecule has 1 aliphatic heterocycles. The van der Waals surface area contributed by atoms with Gasteiger partial charge in [0.25, 0.3) is 0 Å². The summed E-state index contributed by atoms with van der Waals surface area (Å²) in [6.45, 7) is 4.50. The van der Waals surface area contributed by atoms with Gasteiger partial charge in [0.15, 0.2) is 5.78 Å². The van der Waals surface area contributed by atoms with Crippen molar-refractivity contribution < 1.29 is 22.5 Å². The van der Waals surface area contributed by atoms with E-state index in [0.717, 1.165) is 11.8 Å². The van der Waals surface area contributed by atoms with Gasteiger partial charge >= 0.3 is 6.18 Å². The van der Waals surface area contributed by atoms with E-state index in [-0.39, 0.29) is 34.1 Å². The summed E-state index contributed by atoms with van der Waals surface area (Å²) >= 11 is 12.1. The lowest BCUT2D eigenvalue weighted by molar-refractivity contribution is -0.137. The van der Waals surface area contributed by atoms with Crippen LogP contribution in [0.5, 0.6) is 0 Å². The molecule has 2 aromatic carbocycles. The number of para-hydroxylation sites is 1. The van der Waals surface area contributed by atoms with Gasteiger partial charge in [-0.3, -0.25) is 4.79 Å². The van der Waals surface area contributed by atoms with Crippen LogP contribution in [0.15, 0.2) is 40.9 Å². The van der Waals surface area contributed by atoms with E-state index in [0.29, 0.717) is 36.2 Å². The molecule has 0 spiro atoms. The Morgan fingerprint density at radius 2 is 1.70 bits per heavy atom. The van der Waals surface area contributed by atoms with Gasteiger partial charge < -0.3 is 14.3 Å². The van der Waals surface area contributed by atoms with E-state index in [1.807, 2.05) is 11.0 Å². The molecule has 33 heavy (non-hydrogen) atoms. The molecule has 0 amide bonds. The molecule has 174 valence electrons. The van der Waals surface area contributed by atoms with Gasteiger partial charge in [0, 0.05) is 37.4 Å². The van der Waals surface area contributed by atoms with Gasteiger partial charge in [-0.15, -0.1) is 0 Å². The number of piperazine rings is 1. The predicted molar refractivity (Wildman–Crippen MR) is 123 cm³/mol. The number of ketones is 1. The lowest BCUT2D eigenvalue weighted by Crippen LogP contribution is -2.47. The largest absolute Gasteiger partial charge is 0.418 e. The second-order valence-electron chi connectivity index (χ2n) is 7.79. The van der Waals surface area contributed by atoms with E-state index in [1.165, 1.54) is 13.0 Å². The number of aromatic nitrogens is 1. The Kier molecular flexibility index (Phi) is 6.33. The maximum absolute atomic E-state index is 14.0. The van der Waals surface area contributed by atoms with Gasteiger partial charge in [0.1, 0.15) is 11.5 Å². The first-order valence-corrected chi connectivity index (χ1v) is 11.0. The molecule has 1 fully saturated rings. The second kappa shape index (κ2) is 8.91. The van der Waals surface area contributed by atoms with Gasteiger partial charge in [-0.1, -0.05) is 40.5 Å². The molecule has 0 radical (unpaired) electrons. The highest BCUT2D eigenvalue weighted by molar-refractivity contribution is 6.42. The number of benzene rings is 2. The number of nitrogens with zero attached hydrogens (tertiary/aromatic N) is 3. The van der Waals surface area contributed by atoms with E-state index in [4.69, 9.17) is 27.7 Å². The zero-order valence-electron chi connectivity index (χ0n) is 17.8. The fourth-order valence-corrected chi connectivity index (χ4v) is 4.44. The van der Waals surface area contributed by atoms with Gasteiger partial charge in [0.2, 0.25) is 0 Å². The third-order valence-corrected chi connectivity index (χ3v) is 6.41. The van der Waals surface area contributed by atoms with Crippen LogP contribution >= 0.6 is 23.2 Å². The first kappa shape index (κ1) is 23.4. The molecule has 0 N–H and O–H groups in total. The molecular formula is C23H20Cl2F3N3O2. The van der Waals surface area contributed by atoms with Crippen LogP contribution < -0.4 is 9.80 Å². The topological polar surface area (TPSA) is 49.6 Å². The van der Waals surface area contributed by atoms with Crippen molar-refractivity contribution in [1.29, 1.82) is 0 Å². The monoisotopic (exact) mass is 497 g/mol. The number of anilines is 2. The normalized spacial score (nSPS) is 14.6. The Bertz CT molecular complexity index is 1200. The van der Waals surface area contributed by atoms with Crippen molar-refractivity contribution >= 4 is 40.4 Å². The van der Waals surface area contributed by atoms with Gasteiger partial charge in [-0.25, -0.2) is 0 Å². The fraction of sp³-hybridized carbons (Fsp3) is 0.304. The quantitative estimate of drug-likeness (QED) is 0.384. The summed E-state index contributed by atoms with van der Waals surface area (Å²) in [5, 5.41) is 4.79. The zero-order chi connectivity index (χ0) is 23.9. The molecule has 0 aliphatic carbocycles. The number of hydrogen-bond donors (Lipinski definition) is 0. The van der Waals surface area contributed by atoms with E-state index >= 15 is 0 Å². The first-order chi connectivity index (χ1) is 15.6. The maximum atomic E-state index is 14.0. The molecule has 2 heterocycles. The van der Waals surface area contributed by atoms with E-state index < -0.39 is 11.7 Å². The number of hydrogen-bond acceptors (Lipinski definition) is 5. The molecular weight excluding hydrogens is 478 g/mol. The van der Waals surface area contributed by atoms with Crippen LogP contribution in [0.25, 0.3) is 11.3 Å². The number of aryl methyl sites for hydroxylation is 1. The van der Waals surface area contributed by atoms with Crippen LogP contribution in [0.2, 0.25) is 10.0 Å². The SMILES string of the molecule is CC(=O)c1c(-c2cccc(C(F)(F)F)c2N2CCN(c3ccc(Cl)c(Cl)c3)CC2)noc1C. The van der Waals surface area contributed by atoms with Crippen molar-refractivity contribution in [3.8, 4) is 11.3 Å². The minimum Gasteiger partial charge on any atom is -0.368 e. The van der Waals surface area contributed by atoms with Crippen LogP contribution in [0.4, 0.5) is 24.5 Å². The highest BCUT2D eigenvalue weighted by atomic mass is 35.5. The molecule has 10 heteroatoms. The molecule has 0 bridgehead atoms. The smallest absolute Gasteiger partial charge is 0.368 e. The first-order valence-electron chi connectivity index (χ1n) is 10.2. The molecule has 0 saturated carbocycles. The Labute approximate surface area is 198 Å². The van der Waals surface area contributed by atoms with Crippen LogP contribution in [-0.2, 0) is 6.18 Å². The molecule has 1 aromatic heterocycles. The Morgan fingerprint density at radius 1 is 1.03 bits per heavy atom. The minimum absolute atomic E-state index is 0.00501. The summed E-state index contributed by atoms with van der Waals surface area (Å²) < 4.78 is 47.2. The molecule has 4 rings (SSSR count). The van der Waals surface area contributed by atoms with Crippen molar-refractivity contribution in [1.82, 2.24) is 5.16 Å².